The number of rotatable bonds is 4. The van der Waals surface area contributed by atoms with Crippen molar-refractivity contribution in [3.05, 3.63) is 125 Å². The van der Waals surface area contributed by atoms with E-state index in [1.54, 1.807) is 0 Å². The van der Waals surface area contributed by atoms with Crippen LogP contribution in [0, 0.1) is 20.8 Å². The molecule has 0 unspecified atom stereocenters. The fourth-order valence-electron chi connectivity index (χ4n) is 5.78. The second-order valence-electron chi connectivity index (χ2n) is 10.7. The third kappa shape index (κ3) is 3.94. The maximum absolute atomic E-state index is 6.48. The predicted molar refractivity (Wildman–Crippen MR) is 155 cm³/mol. The minimum atomic E-state index is -0.115. The van der Waals surface area contributed by atoms with Crippen LogP contribution in [-0.4, -0.2) is 4.98 Å². The topological polar surface area (TPSA) is 26.0 Å². The van der Waals surface area contributed by atoms with Crippen molar-refractivity contribution in [2.45, 2.75) is 40.0 Å². The highest BCUT2D eigenvalue weighted by Gasteiger charge is 2.24. The molecule has 0 atom stereocenters. The summed E-state index contributed by atoms with van der Waals surface area (Å²) in [5.41, 5.74) is 12.5. The van der Waals surface area contributed by atoms with Crippen molar-refractivity contribution >= 4 is 21.9 Å². The highest BCUT2D eigenvalue weighted by molar-refractivity contribution is 6.09. The van der Waals surface area contributed by atoms with Gasteiger partial charge in [-0.2, -0.15) is 0 Å². The van der Waals surface area contributed by atoms with Gasteiger partial charge in [-0.1, -0.05) is 80.1 Å². The standard InChI is InChI=1S/C35H31NO/c1-22-18-23(2)33(24(3)19-22)25-16-17-36-31(20-25)29-13-9-12-28-30-21-27(14-15-32(30)37-34(28)29)35(4,5)26-10-7-6-8-11-26/h6-21H,1-5H3. The second-order valence-corrected chi connectivity index (χ2v) is 10.7. The van der Waals surface area contributed by atoms with Crippen LogP contribution < -0.4 is 0 Å². The molecule has 0 fully saturated rings. The molecular formula is C35H31NO. The van der Waals surface area contributed by atoms with Crippen molar-refractivity contribution in [3.63, 3.8) is 0 Å². The number of pyridine rings is 1. The molecule has 182 valence electrons. The lowest BCUT2D eigenvalue weighted by Crippen LogP contribution is -2.18. The largest absolute Gasteiger partial charge is 0.455 e. The summed E-state index contributed by atoms with van der Waals surface area (Å²) in [5, 5.41) is 2.26. The number of benzene rings is 4. The monoisotopic (exact) mass is 481 g/mol. The molecule has 0 bridgehead atoms. The first-order valence-electron chi connectivity index (χ1n) is 12.9. The number of aryl methyl sites for hydroxylation is 3. The van der Waals surface area contributed by atoms with Crippen molar-refractivity contribution in [1.82, 2.24) is 4.98 Å². The van der Waals surface area contributed by atoms with Gasteiger partial charge in [0.2, 0.25) is 0 Å². The van der Waals surface area contributed by atoms with Crippen LogP contribution in [0.1, 0.15) is 41.7 Å². The lowest BCUT2D eigenvalue weighted by molar-refractivity contribution is 0.639. The zero-order valence-corrected chi connectivity index (χ0v) is 22.1. The third-order valence-electron chi connectivity index (χ3n) is 7.72. The van der Waals surface area contributed by atoms with Crippen molar-refractivity contribution < 1.29 is 4.42 Å². The number of hydrogen-bond donors (Lipinski definition) is 0. The number of nitrogens with zero attached hydrogens (tertiary/aromatic N) is 1. The number of para-hydroxylation sites is 1. The van der Waals surface area contributed by atoms with Gasteiger partial charge < -0.3 is 4.42 Å². The SMILES string of the molecule is Cc1cc(C)c(-c2ccnc(-c3cccc4c3oc3ccc(C(C)(C)c5ccccc5)cc34)c2)c(C)c1. The summed E-state index contributed by atoms with van der Waals surface area (Å²) in [7, 11) is 0. The average Bonchev–Trinajstić information content (AvgIpc) is 3.27. The Morgan fingerprint density at radius 2 is 1.43 bits per heavy atom. The predicted octanol–water partition coefficient (Wildman–Crippen LogP) is 9.57. The van der Waals surface area contributed by atoms with Gasteiger partial charge in [0.1, 0.15) is 11.2 Å². The van der Waals surface area contributed by atoms with Crippen LogP contribution in [0.5, 0.6) is 0 Å². The van der Waals surface area contributed by atoms with Crippen molar-refractivity contribution in [3.8, 4) is 22.4 Å². The molecule has 2 aromatic heterocycles. The Hall–Kier alpha value is -4.17. The van der Waals surface area contributed by atoms with Crippen LogP contribution in [0.15, 0.2) is 102 Å². The first-order chi connectivity index (χ1) is 17.8. The molecule has 4 aromatic carbocycles. The van der Waals surface area contributed by atoms with Gasteiger partial charge >= 0.3 is 0 Å². The van der Waals surface area contributed by atoms with Gasteiger partial charge in [0.15, 0.2) is 0 Å². The molecule has 0 aliphatic rings. The summed E-state index contributed by atoms with van der Waals surface area (Å²) < 4.78 is 6.48. The molecule has 0 amide bonds. The molecule has 0 radical (unpaired) electrons. The Balaban J connectivity index is 1.49. The van der Waals surface area contributed by atoms with Gasteiger partial charge in [-0.25, -0.2) is 0 Å². The molecule has 37 heavy (non-hydrogen) atoms. The average molecular weight is 482 g/mol. The number of fused-ring (bicyclic) bond motifs is 3. The fraction of sp³-hybridized carbons (Fsp3) is 0.171. The highest BCUT2D eigenvalue weighted by atomic mass is 16.3. The molecule has 0 saturated carbocycles. The first kappa shape index (κ1) is 23.2. The van der Waals surface area contributed by atoms with Gasteiger partial charge in [-0.15, -0.1) is 0 Å². The van der Waals surface area contributed by atoms with Gasteiger partial charge in [0.05, 0.1) is 5.69 Å². The van der Waals surface area contributed by atoms with Crippen LogP contribution in [0.25, 0.3) is 44.3 Å². The third-order valence-corrected chi connectivity index (χ3v) is 7.72. The summed E-state index contributed by atoms with van der Waals surface area (Å²) in [6, 6.07) is 32.4. The molecule has 2 nitrogen and oxygen atoms in total. The van der Waals surface area contributed by atoms with Crippen molar-refractivity contribution in [1.29, 1.82) is 0 Å². The van der Waals surface area contributed by atoms with E-state index in [4.69, 9.17) is 9.40 Å². The second kappa shape index (κ2) is 8.74. The Bertz CT molecular complexity index is 1750. The van der Waals surface area contributed by atoms with Crippen molar-refractivity contribution in [2.24, 2.45) is 0 Å². The van der Waals surface area contributed by atoms with E-state index in [1.807, 2.05) is 6.20 Å². The van der Waals surface area contributed by atoms with E-state index in [0.29, 0.717) is 0 Å². The maximum atomic E-state index is 6.48. The molecule has 2 heteroatoms. The molecule has 0 N–H and O–H groups in total. The lowest BCUT2D eigenvalue weighted by Gasteiger charge is -2.26. The summed E-state index contributed by atoms with van der Waals surface area (Å²) in [5.74, 6) is 0. The van der Waals surface area contributed by atoms with Crippen LogP contribution in [0.2, 0.25) is 0 Å². The Labute approximate surface area is 218 Å². The molecule has 0 saturated heterocycles. The van der Waals surface area contributed by atoms with E-state index >= 15 is 0 Å². The molecule has 0 aliphatic carbocycles. The smallest absolute Gasteiger partial charge is 0.144 e. The number of furan rings is 1. The van der Waals surface area contributed by atoms with Gasteiger partial charge in [-0.05, 0) is 84.5 Å². The van der Waals surface area contributed by atoms with Crippen LogP contribution in [-0.2, 0) is 5.41 Å². The van der Waals surface area contributed by atoms with E-state index in [-0.39, 0.29) is 5.41 Å². The Kier molecular flexibility index (Phi) is 5.49. The maximum Gasteiger partial charge on any atom is 0.144 e. The highest BCUT2D eigenvalue weighted by Crippen LogP contribution is 2.40. The molecule has 0 spiro atoms. The van der Waals surface area contributed by atoms with Gasteiger partial charge in [0, 0.05) is 27.9 Å². The Morgan fingerprint density at radius 3 is 2.19 bits per heavy atom. The summed E-state index contributed by atoms with van der Waals surface area (Å²) >= 11 is 0. The minimum absolute atomic E-state index is 0.115. The van der Waals surface area contributed by atoms with Crippen LogP contribution >= 0.6 is 0 Å². The molecule has 6 rings (SSSR count). The van der Waals surface area contributed by atoms with Crippen LogP contribution in [0.4, 0.5) is 0 Å². The summed E-state index contributed by atoms with van der Waals surface area (Å²) in [4.78, 5) is 4.77. The molecule has 6 aromatic rings. The summed E-state index contributed by atoms with van der Waals surface area (Å²) in [6.45, 7) is 11.1. The molecular weight excluding hydrogens is 450 g/mol. The molecule has 2 heterocycles. The zero-order valence-electron chi connectivity index (χ0n) is 22.1. The number of hydrogen-bond acceptors (Lipinski definition) is 2. The van der Waals surface area contributed by atoms with E-state index in [1.165, 1.54) is 38.9 Å². The lowest BCUT2D eigenvalue weighted by atomic mass is 9.78. The van der Waals surface area contributed by atoms with E-state index in [2.05, 4.69) is 126 Å². The van der Waals surface area contributed by atoms with E-state index < -0.39 is 0 Å². The van der Waals surface area contributed by atoms with E-state index in [9.17, 15) is 0 Å². The van der Waals surface area contributed by atoms with E-state index in [0.717, 1.165) is 33.2 Å². The first-order valence-corrected chi connectivity index (χ1v) is 12.9. The van der Waals surface area contributed by atoms with Gasteiger partial charge in [-0.3, -0.25) is 4.98 Å². The Morgan fingerprint density at radius 1 is 0.676 bits per heavy atom. The number of aromatic nitrogens is 1. The normalized spacial score (nSPS) is 11.9. The summed E-state index contributed by atoms with van der Waals surface area (Å²) in [6.07, 6.45) is 1.91. The van der Waals surface area contributed by atoms with Gasteiger partial charge in [0.25, 0.3) is 0 Å². The minimum Gasteiger partial charge on any atom is -0.455 e. The van der Waals surface area contributed by atoms with Crippen molar-refractivity contribution in [2.75, 3.05) is 0 Å². The zero-order chi connectivity index (χ0) is 25.7. The molecule has 0 aliphatic heterocycles. The fourth-order valence-corrected chi connectivity index (χ4v) is 5.78. The quantitative estimate of drug-likeness (QED) is 0.250. The van der Waals surface area contributed by atoms with Crippen LogP contribution in [0.3, 0.4) is 0 Å².